The number of hydrogen-bond acceptors (Lipinski definition) is 4. The number of hydrogen-bond donors (Lipinski definition) is 0. The Bertz CT molecular complexity index is 4680. The van der Waals surface area contributed by atoms with E-state index in [1.54, 1.807) is 0 Å². The van der Waals surface area contributed by atoms with E-state index in [0.29, 0.717) is 0 Å². The summed E-state index contributed by atoms with van der Waals surface area (Å²) in [5.74, 6) is 1.75. The molecule has 0 unspecified atom stereocenters. The number of anilines is 9. The van der Waals surface area contributed by atoms with Gasteiger partial charge in [-0.2, -0.15) is 0 Å². The molecule has 2 aliphatic carbocycles. The minimum atomic E-state index is -0.538. The van der Waals surface area contributed by atoms with Gasteiger partial charge >= 0.3 is 0 Å². The fourth-order valence-electron chi connectivity index (χ4n) is 15.7. The Morgan fingerprint density at radius 3 is 1.30 bits per heavy atom. The third-order valence-electron chi connectivity index (χ3n) is 19.0. The average molecular weight is 1060 g/mol. The summed E-state index contributed by atoms with van der Waals surface area (Å²) in [5, 5.41) is 0. The van der Waals surface area contributed by atoms with E-state index < -0.39 is 5.41 Å². The molecule has 12 aromatic rings. The number of ether oxygens (including phenoxy) is 1. The highest BCUT2D eigenvalue weighted by molar-refractivity contribution is 7.02. The molecule has 12 aromatic carbocycles. The highest BCUT2D eigenvalue weighted by Gasteiger charge is 2.54. The second-order valence-corrected chi connectivity index (χ2v) is 24.2. The molecule has 0 bridgehead atoms. The van der Waals surface area contributed by atoms with Gasteiger partial charge in [-0.3, -0.25) is 0 Å². The normalized spacial score (nSPS) is 14.5. The Balaban J connectivity index is 0.916. The Morgan fingerprint density at radius 1 is 0.325 bits per heavy atom. The number of nitrogens with zero attached hydrogens (tertiary/aromatic N) is 3. The molecular formula is C77H53B2N3O. The third-order valence-corrected chi connectivity index (χ3v) is 19.0. The van der Waals surface area contributed by atoms with Crippen LogP contribution < -0.4 is 52.2 Å². The molecule has 0 saturated heterocycles. The molecule has 4 heterocycles. The van der Waals surface area contributed by atoms with Crippen LogP contribution in [0, 0.1) is 0 Å². The highest BCUT2D eigenvalue weighted by atomic mass is 16.5. The summed E-state index contributed by atoms with van der Waals surface area (Å²) >= 11 is 0. The summed E-state index contributed by atoms with van der Waals surface area (Å²) in [6.45, 7) is 6.80. The zero-order valence-corrected chi connectivity index (χ0v) is 46.3. The molecule has 6 heteroatoms. The lowest BCUT2D eigenvalue weighted by molar-refractivity contribution is 0.488. The second kappa shape index (κ2) is 17.0. The van der Waals surface area contributed by atoms with Gasteiger partial charge in [-0.15, -0.1) is 0 Å². The maximum absolute atomic E-state index is 7.80. The third kappa shape index (κ3) is 6.27. The molecule has 0 atom stereocenters. The van der Waals surface area contributed by atoms with Gasteiger partial charge in [0.25, 0.3) is 13.4 Å². The van der Waals surface area contributed by atoms with Gasteiger partial charge in [-0.05, 0) is 172 Å². The molecule has 0 N–H and O–H groups in total. The first kappa shape index (κ1) is 46.7. The predicted molar refractivity (Wildman–Crippen MR) is 347 cm³/mol. The summed E-state index contributed by atoms with van der Waals surface area (Å²) in [5.41, 5.74) is 31.2. The summed E-state index contributed by atoms with van der Waals surface area (Å²) in [7, 11) is 0. The minimum Gasteiger partial charge on any atom is -0.458 e. The highest BCUT2D eigenvalue weighted by Crippen LogP contribution is 2.65. The van der Waals surface area contributed by atoms with Crippen molar-refractivity contribution in [1.82, 2.24) is 0 Å². The van der Waals surface area contributed by atoms with Crippen molar-refractivity contribution < 1.29 is 4.74 Å². The van der Waals surface area contributed by atoms with Gasteiger partial charge in [0, 0.05) is 57.3 Å². The first-order valence-corrected chi connectivity index (χ1v) is 29.2. The summed E-state index contributed by atoms with van der Waals surface area (Å²) in [6.07, 6.45) is 0. The van der Waals surface area contributed by atoms with E-state index in [9.17, 15) is 0 Å². The summed E-state index contributed by atoms with van der Waals surface area (Å²) in [4.78, 5) is 7.54. The van der Waals surface area contributed by atoms with Crippen LogP contribution in [0.25, 0.3) is 33.4 Å². The van der Waals surface area contributed by atoms with Crippen molar-refractivity contribution in [3.05, 3.63) is 295 Å². The van der Waals surface area contributed by atoms with Crippen molar-refractivity contribution in [1.29, 1.82) is 0 Å². The van der Waals surface area contributed by atoms with Gasteiger partial charge in [0.1, 0.15) is 11.5 Å². The molecule has 18 rings (SSSR count). The zero-order chi connectivity index (χ0) is 54.9. The van der Waals surface area contributed by atoms with Gasteiger partial charge in [0.2, 0.25) is 0 Å². The number of para-hydroxylation sites is 5. The van der Waals surface area contributed by atoms with E-state index in [0.717, 1.165) is 45.5 Å². The lowest BCUT2D eigenvalue weighted by Crippen LogP contribution is -2.64. The fraction of sp³-hybridized carbons (Fsp3) is 0.0649. The molecule has 4 nitrogen and oxygen atoms in total. The summed E-state index contributed by atoms with van der Waals surface area (Å²) in [6, 6.07) is 100. The van der Waals surface area contributed by atoms with Gasteiger partial charge in [-0.1, -0.05) is 209 Å². The number of rotatable bonds is 4. The first-order valence-electron chi connectivity index (χ1n) is 29.2. The molecule has 0 saturated carbocycles. The largest absolute Gasteiger partial charge is 0.458 e. The fourth-order valence-corrected chi connectivity index (χ4v) is 15.7. The van der Waals surface area contributed by atoms with Crippen molar-refractivity contribution in [3.63, 3.8) is 0 Å². The maximum Gasteiger partial charge on any atom is 0.256 e. The van der Waals surface area contributed by atoms with E-state index in [1.165, 1.54) is 111 Å². The molecule has 1 spiro atoms. The number of fused-ring (bicyclic) bond motifs is 18. The monoisotopic (exact) mass is 1060 g/mol. The molecule has 83 heavy (non-hydrogen) atoms. The topological polar surface area (TPSA) is 19.0 Å². The van der Waals surface area contributed by atoms with Crippen molar-refractivity contribution >= 4 is 97.4 Å². The smallest absolute Gasteiger partial charge is 0.256 e. The quantitative estimate of drug-likeness (QED) is 0.164. The van der Waals surface area contributed by atoms with Crippen LogP contribution in [-0.2, 0) is 10.8 Å². The van der Waals surface area contributed by atoms with Crippen molar-refractivity contribution in [2.24, 2.45) is 0 Å². The van der Waals surface area contributed by atoms with Crippen LogP contribution in [0.3, 0.4) is 0 Å². The van der Waals surface area contributed by atoms with Crippen molar-refractivity contribution in [2.75, 3.05) is 14.7 Å². The molecule has 6 aliphatic rings. The van der Waals surface area contributed by atoms with Crippen LogP contribution >= 0.6 is 0 Å². The van der Waals surface area contributed by atoms with Crippen molar-refractivity contribution in [3.8, 4) is 44.9 Å². The Morgan fingerprint density at radius 2 is 0.759 bits per heavy atom. The van der Waals surface area contributed by atoms with E-state index >= 15 is 0 Å². The van der Waals surface area contributed by atoms with Crippen LogP contribution in [0.15, 0.2) is 267 Å². The van der Waals surface area contributed by atoms with Crippen LogP contribution in [0.4, 0.5) is 51.2 Å². The van der Waals surface area contributed by atoms with E-state index in [-0.39, 0.29) is 18.8 Å². The van der Waals surface area contributed by atoms with E-state index in [2.05, 4.69) is 302 Å². The molecule has 388 valence electrons. The Labute approximate surface area is 485 Å². The van der Waals surface area contributed by atoms with E-state index in [4.69, 9.17) is 4.74 Å². The zero-order valence-electron chi connectivity index (χ0n) is 46.3. The SMILES string of the molecule is CC(C)(C)c1cc2c3c(c1)N(c1ccccc1)c1cc4c(cc1B3c1ccccc1N2c1ccccc1)B1c2ccccc2N(c2ccccc2)c2cc(-c3cccc5c3C3(c6ccccc6-c6ccccc63)c3ccccc3-5)cc(c21)O4. The standard InChI is InChI=1S/C77H53B2N3O/c1-76(2,3)49-44-69-74-70(45-49)82(52-28-11-6-12-29-52)67-47-71-64(46-63(67)78(74)61-38-19-21-40-65(61)81(69)51-26-9-5-10-27-51)79-62-39-20-22-41-66(62)80(50-24-7-4-8-25-50)68-42-48(43-72(83-71)75(68)79)53-33-23-34-57-56-32-15-18-37-60(56)77(73(53)57)58-35-16-13-30-54(58)55-31-14-17-36-59(55)77/h4-47H,1-3H3. The summed E-state index contributed by atoms with van der Waals surface area (Å²) < 4.78 is 7.80. The maximum atomic E-state index is 7.80. The molecule has 4 aliphatic heterocycles. The molecule has 0 aromatic heterocycles. The molecule has 0 amide bonds. The van der Waals surface area contributed by atoms with Crippen LogP contribution in [-0.4, -0.2) is 13.4 Å². The Hall–Kier alpha value is -10.0. The lowest BCUT2D eigenvalue weighted by atomic mass is 9.30. The van der Waals surface area contributed by atoms with Gasteiger partial charge in [-0.25, -0.2) is 0 Å². The van der Waals surface area contributed by atoms with E-state index in [1.807, 2.05) is 0 Å². The Kier molecular flexibility index (Phi) is 9.57. The van der Waals surface area contributed by atoms with Crippen LogP contribution in [0.5, 0.6) is 11.5 Å². The van der Waals surface area contributed by atoms with Gasteiger partial charge < -0.3 is 19.4 Å². The van der Waals surface area contributed by atoms with Crippen molar-refractivity contribution in [2.45, 2.75) is 31.6 Å². The van der Waals surface area contributed by atoms with Gasteiger partial charge in [0.15, 0.2) is 0 Å². The second-order valence-electron chi connectivity index (χ2n) is 24.2. The van der Waals surface area contributed by atoms with Gasteiger partial charge in [0.05, 0.1) is 5.41 Å². The van der Waals surface area contributed by atoms with Crippen LogP contribution in [0.1, 0.15) is 48.6 Å². The average Bonchev–Trinajstić information content (AvgIpc) is 1.78. The first-order chi connectivity index (χ1) is 40.8. The predicted octanol–water partition coefficient (Wildman–Crippen LogP) is 15.5. The number of benzene rings is 12. The molecule has 0 radical (unpaired) electrons. The molecule has 0 fully saturated rings. The molecular weight excluding hydrogens is 1000 g/mol. The van der Waals surface area contributed by atoms with Crippen LogP contribution in [0.2, 0.25) is 0 Å². The minimum absolute atomic E-state index is 0.0733. The lowest BCUT2D eigenvalue weighted by Gasteiger charge is -2.46.